The van der Waals surface area contributed by atoms with Crippen molar-refractivity contribution in [1.29, 1.82) is 0 Å². The number of imidazole rings is 1. The molecule has 1 aromatic carbocycles. The molecule has 1 aliphatic heterocycles. The number of anilines is 1. The Bertz CT molecular complexity index is 689. The molecule has 2 N–H and O–H groups in total. The molecule has 0 radical (unpaired) electrons. The zero-order valence-electron chi connectivity index (χ0n) is 12.1. The SMILES string of the molecule is CCc1nc(-c2ccc3c(c2)OCCO3)c(N)n1C1CC1. The number of hydrogen-bond donors (Lipinski definition) is 1. The van der Waals surface area contributed by atoms with E-state index in [0.29, 0.717) is 19.3 Å². The molecule has 0 saturated heterocycles. The Morgan fingerprint density at radius 1 is 1.24 bits per heavy atom. The van der Waals surface area contributed by atoms with Crippen LogP contribution in [0, 0.1) is 0 Å². The van der Waals surface area contributed by atoms with Crippen LogP contribution in [0.2, 0.25) is 0 Å². The Labute approximate surface area is 123 Å². The van der Waals surface area contributed by atoms with Crippen LogP contribution < -0.4 is 15.2 Å². The van der Waals surface area contributed by atoms with Crippen molar-refractivity contribution in [1.82, 2.24) is 9.55 Å². The summed E-state index contributed by atoms with van der Waals surface area (Å²) in [7, 11) is 0. The number of ether oxygens (including phenoxy) is 2. The number of aryl methyl sites for hydroxylation is 1. The van der Waals surface area contributed by atoms with E-state index in [0.717, 1.165) is 40.8 Å². The molecular weight excluding hydrogens is 266 g/mol. The number of hydrogen-bond acceptors (Lipinski definition) is 4. The predicted molar refractivity (Wildman–Crippen MR) is 80.7 cm³/mol. The van der Waals surface area contributed by atoms with Crippen molar-refractivity contribution in [2.75, 3.05) is 18.9 Å². The van der Waals surface area contributed by atoms with Gasteiger partial charge in [-0.1, -0.05) is 6.92 Å². The lowest BCUT2D eigenvalue weighted by Gasteiger charge is -2.18. The fraction of sp³-hybridized carbons (Fsp3) is 0.438. The number of nitrogens with two attached hydrogens (primary N) is 1. The summed E-state index contributed by atoms with van der Waals surface area (Å²) < 4.78 is 13.4. The van der Waals surface area contributed by atoms with Gasteiger partial charge in [0.25, 0.3) is 0 Å². The van der Waals surface area contributed by atoms with Crippen molar-refractivity contribution in [2.45, 2.75) is 32.2 Å². The molecule has 4 rings (SSSR count). The molecule has 2 aliphatic rings. The van der Waals surface area contributed by atoms with E-state index in [4.69, 9.17) is 20.2 Å². The Kier molecular flexibility index (Phi) is 2.80. The second-order valence-corrected chi connectivity index (χ2v) is 5.58. The molecule has 0 atom stereocenters. The van der Waals surface area contributed by atoms with Crippen molar-refractivity contribution in [2.24, 2.45) is 0 Å². The minimum absolute atomic E-state index is 0.540. The van der Waals surface area contributed by atoms with Gasteiger partial charge in [0.2, 0.25) is 0 Å². The molecule has 110 valence electrons. The van der Waals surface area contributed by atoms with E-state index in [-0.39, 0.29) is 0 Å². The van der Waals surface area contributed by atoms with Crippen LogP contribution in [-0.4, -0.2) is 22.8 Å². The molecule has 1 saturated carbocycles. The average Bonchev–Trinajstić information content (AvgIpc) is 3.30. The minimum Gasteiger partial charge on any atom is -0.486 e. The molecule has 5 nitrogen and oxygen atoms in total. The van der Waals surface area contributed by atoms with Gasteiger partial charge in [-0.15, -0.1) is 0 Å². The van der Waals surface area contributed by atoms with Gasteiger partial charge >= 0.3 is 0 Å². The highest BCUT2D eigenvalue weighted by Gasteiger charge is 2.29. The lowest BCUT2D eigenvalue weighted by Crippen LogP contribution is -2.15. The van der Waals surface area contributed by atoms with Crippen LogP contribution in [0.25, 0.3) is 11.3 Å². The summed E-state index contributed by atoms with van der Waals surface area (Å²) in [4.78, 5) is 4.75. The predicted octanol–water partition coefficient (Wildman–Crippen LogP) is 2.80. The van der Waals surface area contributed by atoms with Gasteiger partial charge in [0.05, 0.1) is 0 Å². The first kappa shape index (κ1) is 12.6. The van der Waals surface area contributed by atoms with Crippen LogP contribution in [0.15, 0.2) is 18.2 Å². The van der Waals surface area contributed by atoms with Gasteiger partial charge in [-0.3, -0.25) is 0 Å². The zero-order chi connectivity index (χ0) is 14.4. The van der Waals surface area contributed by atoms with Gasteiger partial charge in [-0.2, -0.15) is 0 Å². The van der Waals surface area contributed by atoms with E-state index in [2.05, 4.69) is 11.5 Å². The Hall–Kier alpha value is -2.17. The molecule has 0 bridgehead atoms. The van der Waals surface area contributed by atoms with E-state index in [1.165, 1.54) is 12.8 Å². The number of benzene rings is 1. The third kappa shape index (κ3) is 2.04. The number of rotatable bonds is 3. The molecule has 2 heterocycles. The largest absolute Gasteiger partial charge is 0.486 e. The summed E-state index contributed by atoms with van der Waals surface area (Å²) in [5.74, 6) is 3.41. The first-order valence-electron chi connectivity index (χ1n) is 7.54. The smallest absolute Gasteiger partial charge is 0.162 e. The van der Waals surface area contributed by atoms with Crippen molar-refractivity contribution < 1.29 is 9.47 Å². The summed E-state index contributed by atoms with van der Waals surface area (Å²) >= 11 is 0. The topological polar surface area (TPSA) is 62.3 Å². The summed E-state index contributed by atoms with van der Waals surface area (Å²) in [5, 5.41) is 0. The maximum Gasteiger partial charge on any atom is 0.162 e. The Morgan fingerprint density at radius 2 is 2.00 bits per heavy atom. The third-order valence-corrected chi connectivity index (χ3v) is 4.06. The van der Waals surface area contributed by atoms with E-state index < -0.39 is 0 Å². The Balaban J connectivity index is 1.79. The standard InChI is InChI=1S/C16H19N3O2/c1-2-14-18-15(16(17)19(14)11-4-5-11)10-3-6-12-13(9-10)21-8-7-20-12/h3,6,9,11H,2,4-5,7-8,17H2,1H3. The van der Waals surface area contributed by atoms with Crippen molar-refractivity contribution in [3.8, 4) is 22.8 Å². The maximum atomic E-state index is 6.36. The molecule has 5 heteroatoms. The second-order valence-electron chi connectivity index (χ2n) is 5.58. The van der Waals surface area contributed by atoms with Crippen molar-refractivity contribution in [3.05, 3.63) is 24.0 Å². The highest BCUT2D eigenvalue weighted by Crippen LogP contribution is 2.42. The Morgan fingerprint density at radius 3 is 2.71 bits per heavy atom. The second kappa shape index (κ2) is 4.69. The molecule has 2 aromatic rings. The zero-order valence-corrected chi connectivity index (χ0v) is 12.1. The van der Waals surface area contributed by atoms with Crippen LogP contribution >= 0.6 is 0 Å². The number of nitrogen functional groups attached to an aromatic ring is 1. The van der Waals surface area contributed by atoms with E-state index >= 15 is 0 Å². The summed E-state index contributed by atoms with van der Waals surface area (Å²) in [6.45, 7) is 3.31. The third-order valence-electron chi connectivity index (χ3n) is 4.06. The fourth-order valence-corrected chi connectivity index (χ4v) is 2.89. The molecule has 1 aromatic heterocycles. The van der Waals surface area contributed by atoms with Gasteiger partial charge in [0, 0.05) is 18.0 Å². The number of nitrogens with zero attached hydrogens (tertiary/aromatic N) is 2. The van der Waals surface area contributed by atoms with Crippen molar-refractivity contribution in [3.63, 3.8) is 0 Å². The normalized spacial score (nSPS) is 17.0. The van der Waals surface area contributed by atoms with Gasteiger partial charge in [-0.05, 0) is 31.0 Å². The van der Waals surface area contributed by atoms with Gasteiger partial charge in [0.1, 0.15) is 30.5 Å². The first-order chi connectivity index (χ1) is 10.3. The summed E-state index contributed by atoms with van der Waals surface area (Å²) in [6, 6.07) is 6.45. The maximum absolute atomic E-state index is 6.36. The van der Waals surface area contributed by atoms with Crippen LogP contribution in [0.4, 0.5) is 5.82 Å². The highest BCUT2D eigenvalue weighted by atomic mass is 16.6. The quantitative estimate of drug-likeness (QED) is 0.942. The lowest BCUT2D eigenvalue weighted by molar-refractivity contribution is 0.171. The molecule has 0 spiro atoms. The highest BCUT2D eigenvalue weighted by molar-refractivity contribution is 5.73. The van der Waals surface area contributed by atoms with Gasteiger partial charge in [0.15, 0.2) is 11.5 Å². The van der Waals surface area contributed by atoms with E-state index in [1.807, 2.05) is 18.2 Å². The number of fused-ring (bicyclic) bond motifs is 1. The van der Waals surface area contributed by atoms with Gasteiger partial charge in [-0.25, -0.2) is 4.98 Å². The van der Waals surface area contributed by atoms with Crippen molar-refractivity contribution >= 4 is 5.82 Å². The van der Waals surface area contributed by atoms with Crippen LogP contribution in [0.3, 0.4) is 0 Å². The molecule has 1 aliphatic carbocycles. The van der Waals surface area contributed by atoms with Crippen LogP contribution in [0.5, 0.6) is 11.5 Å². The first-order valence-corrected chi connectivity index (χ1v) is 7.54. The summed E-state index contributed by atoms with van der Waals surface area (Å²) in [5.41, 5.74) is 8.21. The minimum atomic E-state index is 0.540. The van der Waals surface area contributed by atoms with Crippen LogP contribution in [-0.2, 0) is 6.42 Å². The van der Waals surface area contributed by atoms with E-state index in [9.17, 15) is 0 Å². The lowest BCUT2D eigenvalue weighted by atomic mass is 10.1. The molecule has 21 heavy (non-hydrogen) atoms. The monoisotopic (exact) mass is 285 g/mol. The fourth-order valence-electron chi connectivity index (χ4n) is 2.89. The van der Waals surface area contributed by atoms with Gasteiger partial charge < -0.3 is 19.8 Å². The number of aromatic nitrogens is 2. The van der Waals surface area contributed by atoms with Crippen LogP contribution in [0.1, 0.15) is 31.6 Å². The summed E-state index contributed by atoms with van der Waals surface area (Å²) in [6.07, 6.45) is 3.30. The molecule has 0 unspecified atom stereocenters. The molecule has 0 amide bonds. The van der Waals surface area contributed by atoms with E-state index in [1.54, 1.807) is 0 Å². The molecular formula is C16H19N3O2. The average molecular weight is 285 g/mol. The molecule has 1 fully saturated rings.